The summed E-state index contributed by atoms with van der Waals surface area (Å²) in [6, 6.07) is 0. The molecule has 1 unspecified atom stereocenters. The first-order valence-corrected chi connectivity index (χ1v) is 7.06. The Morgan fingerprint density at radius 2 is 2.11 bits per heavy atom. The van der Waals surface area contributed by atoms with Crippen LogP contribution < -0.4 is 4.74 Å². The first kappa shape index (κ1) is 12.4. The average Bonchev–Trinajstić information content (AvgIpc) is 2.83. The lowest BCUT2D eigenvalue weighted by atomic mass is 10.1. The molecule has 2 heterocycles. The number of nitrogens with zero attached hydrogens (tertiary/aromatic N) is 3. The zero-order chi connectivity index (χ0) is 13.2. The number of aryl methyl sites for hydroxylation is 1. The van der Waals surface area contributed by atoms with Crippen LogP contribution >= 0.6 is 0 Å². The highest BCUT2D eigenvalue weighted by Gasteiger charge is 2.27. The van der Waals surface area contributed by atoms with Gasteiger partial charge in [0.05, 0.1) is 5.69 Å². The molecule has 0 bridgehead atoms. The monoisotopic (exact) mass is 261 g/mol. The van der Waals surface area contributed by atoms with E-state index in [4.69, 9.17) is 4.74 Å². The van der Waals surface area contributed by atoms with Gasteiger partial charge in [0.2, 0.25) is 5.88 Å². The van der Waals surface area contributed by atoms with E-state index in [1.165, 1.54) is 12.7 Å². The molecule has 0 spiro atoms. The van der Waals surface area contributed by atoms with Gasteiger partial charge in [0.1, 0.15) is 6.33 Å². The Balaban J connectivity index is 1.76. The molecule has 3 rings (SSSR count). The van der Waals surface area contributed by atoms with Crippen LogP contribution in [-0.2, 0) is 6.42 Å². The second kappa shape index (κ2) is 5.15. The van der Waals surface area contributed by atoms with Gasteiger partial charge < -0.3 is 9.64 Å². The summed E-state index contributed by atoms with van der Waals surface area (Å²) in [5.41, 5.74) is 2.05. The van der Waals surface area contributed by atoms with Crippen LogP contribution in [0.1, 0.15) is 49.8 Å². The van der Waals surface area contributed by atoms with Crippen LogP contribution in [0.3, 0.4) is 0 Å². The summed E-state index contributed by atoms with van der Waals surface area (Å²) in [5.74, 6) is 0.839. The maximum Gasteiger partial charge on any atom is 0.416 e. The van der Waals surface area contributed by atoms with Crippen molar-refractivity contribution in [2.45, 2.75) is 44.9 Å². The van der Waals surface area contributed by atoms with E-state index in [0.29, 0.717) is 11.8 Å². The highest BCUT2D eigenvalue weighted by atomic mass is 16.6. The van der Waals surface area contributed by atoms with Gasteiger partial charge in [-0.1, -0.05) is 6.92 Å². The highest BCUT2D eigenvalue weighted by Crippen LogP contribution is 2.36. The normalized spacial score (nSPS) is 22.2. The molecule has 1 aromatic heterocycles. The van der Waals surface area contributed by atoms with E-state index >= 15 is 0 Å². The molecule has 0 N–H and O–H groups in total. The third-order valence-corrected chi connectivity index (χ3v) is 4.04. The van der Waals surface area contributed by atoms with Gasteiger partial charge in [-0.05, 0) is 38.0 Å². The molecule has 0 radical (unpaired) electrons. The van der Waals surface area contributed by atoms with Crippen LogP contribution in [0.25, 0.3) is 0 Å². The fourth-order valence-electron chi connectivity index (χ4n) is 2.91. The van der Waals surface area contributed by atoms with Crippen molar-refractivity contribution in [1.82, 2.24) is 14.9 Å². The third-order valence-electron chi connectivity index (χ3n) is 4.04. The van der Waals surface area contributed by atoms with Gasteiger partial charge in [-0.3, -0.25) is 0 Å². The number of hydrogen-bond acceptors (Lipinski definition) is 4. The minimum absolute atomic E-state index is 0.264. The lowest BCUT2D eigenvalue weighted by Crippen LogP contribution is -2.37. The molecule has 1 amide bonds. The maximum atomic E-state index is 12.1. The first-order valence-electron chi connectivity index (χ1n) is 7.06. The number of likely N-dealkylation sites (tertiary alicyclic amines) is 1. The lowest BCUT2D eigenvalue weighted by Gasteiger charge is -2.25. The van der Waals surface area contributed by atoms with Crippen LogP contribution in [0, 0.1) is 0 Å². The van der Waals surface area contributed by atoms with Gasteiger partial charge >= 0.3 is 6.09 Å². The molecule has 1 aliphatic heterocycles. The topological polar surface area (TPSA) is 55.3 Å². The van der Waals surface area contributed by atoms with Crippen LogP contribution in [0.5, 0.6) is 5.88 Å². The van der Waals surface area contributed by atoms with Crippen molar-refractivity contribution in [3.63, 3.8) is 0 Å². The predicted molar refractivity (Wildman–Crippen MR) is 70.2 cm³/mol. The van der Waals surface area contributed by atoms with Crippen molar-refractivity contribution in [1.29, 1.82) is 0 Å². The summed E-state index contributed by atoms with van der Waals surface area (Å²) >= 11 is 0. The molecule has 1 aromatic rings. The van der Waals surface area contributed by atoms with Crippen molar-refractivity contribution in [2.24, 2.45) is 0 Å². The number of amides is 1. The quantitative estimate of drug-likeness (QED) is 0.779. The molecule has 5 heteroatoms. The Hall–Kier alpha value is -1.65. The fraction of sp³-hybridized carbons (Fsp3) is 0.643. The lowest BCUT2D eigenvalue weighted by molar-refractivity contribution is 0.140. The summed E-state index contributed by atoms with van der Waals surface area (Å²) in [5, 5.41) is 0. The molecule has 5 nitrogen and oxygen atoms in total. The highest BCUT2D eigenvalue weighted by molar-refractivity contribution is 5.70. The molecule has 19 heavy (non-hydrogen) atoms. The van der Waals surface area contributed by atoms with Gasteiger partial charge in [-0.25, -0.2) is 14.8 Å². The van der Waals surface area contributed by atoms with Crippen molar-refractivity contribution in [2.75, 3.05) is 13.1 Å². The zero-order valence-corrected chi connectivity index (χ0v) is 11.3. The molecule has 1 saturated heterocycles. The third kappa shape index (κ3) is 2.41. The summed E-state index contributed by atoms with van der Waals surface area (Å²) < 4.78 is 5.50. The molecular weight excluding hydrogens is 242 g/mol. The predicted octanol–water partition coefficient (Wildman–Crippen LogP) is 2.51. The Bertz CT molecular complexity index is 484. The van der Waals surface area contributed by atoms with Crippen LogP contribution in [0.4, 0.5) is 4.79 Å². The van der Waals surface area contributed by atoms with E-state index in [9.17, 15) is 4.79 Å². The summed E-state index contributed by atoms with van der Waals surface area (Å²) in [7, 11) is 0. The summed E-state index contributed by atoms with van der Waals surface area (Å²) in [6.07, 6.45) is 6.56. The second-order valence-corrected chi connectivity index (χ2v) is 5.39. The van der Waals surface area contributed by atoms with Gasteiger partial charge in [-0.2, -0.15) is 0 Å². The van der Waals surface area contributed by atoms with Crippen LogP contribution in [-0.4, -0.2) is 34.1 Å². The van der Waals surface area contributed by atoms with Gasteiger partial charge in [0.25, 0.3) is 0 Å². The van der Waals surface area contributed by atoms with Gasteiger partial charge in [-0.15, -0.1) is 0 Å². The van der Waals surface area contributed by atoms with Crippen LogP contribution in [0.2, 0.25) is 0 Å². The van der Waals surface area contributed by atoms with E-state index in [-0.39, 0.29) is 6.09 Å². The van der Waals surface area contributed by atoms with Crippen molar-refractivity contribution >= 4 is 6.09 Å². The number of fused-ring (bicyclic) bond motifs is 1. The maximum absolute atomic E-state index is 12.1. The van der Waals surface area contributed by atoms with Crippen LogP contribution in [0.15, 0.2) is 6.33 Å². The molecule has 0 aromatic carbocycles. The summed E-state index contributed by atoms with van der Waals surface area (Å²) in [4.78, 5) is 22.3. The number of rotatable bonds is 1. The first-order chi connectivity index (χ1) is 9.25. The molecule has 1 atom stereocenters. The molecule has 1 fully saturated rings. The molecule has 2 aliphatic rings. The fourth-order valence-corrected chi connectivity index (χ4v) is 2.91. The number of hydrogen-bond donors (Lipinski definition) is 0. The van der Waals surface area contributed by atoms with Crippen molar-refractivity contribution in [3.8, 4) is 5.88 Å². The van der Waals surface area contributed by atoms with E-state index in [1.807, 2.05) is 0 Å². The van der Waals surface area contributed by atoms with Crippen molar-refractivity contribution in [3.05, 3.63) is 17.6 Å². The minimum Gasteiger partial charge on any atom is -0.391 e. The number of carbonyl (C=O) groups excluding carboxylic acids is 1. The minimum atomic E-state index is -0.264. The van der Waals surface area contributed by atoms with Gasteiger partial charge in [0.15, 0.2) is 0 Å². The molecular formula is C14H19N3O2. The Morgan fingerprint density at radius 1 is 1.32 bits per heavy atom. The molecule has 0 saturated carbocycles. The number of carbonyl (C=O) groups is 1. The molecule has 1 aliphatic carbocycles. The standard InChI is InChI=1S/C14H19N3O2/c1-10-5-6-11-12(10)13(16-9-15-11)19-14(18)17-7-3-2-4-8-17/h9-10H,2-8H2,1H3. The van der Waals surface area contributed by atoms with E-state index < -0.39 is 0 Å². The number of piperidine rings is 1. The number of aromatic nitrogens is 2. The van der Waals surface area contributed by atoms with Gasteiger partial charge in [0, 0.05) is 18.7 Å². The van der Waals surface area contributed by atoms with E-state index in [2.05, 4.69) is 16.9 Å². The Kier molecular flexibility index (Phi) is 3.36. The Labute approximate surface area is 113 Å². The van der Waals surface area contributed by atoms with Crippen molar-refractivity contribution < 1.29 is 9.53 Å². The SMILES string of the molecule is CC1CCc2ncnc(OC(=O)N3CCCCC3)c21. The zero-order valence-electron chi connectivity index (χ0n) is 11.3. The van der Waals surface area contributed by atoms with E-state index in [0.717, 1.165) is 50.0 Å². The second-order valence-electron chi connectivity index (χ2n) is 5.39. The smallest absolute Gasteiger partial charge is 0.391 e. The average molecular weight is 261 g/mol. The van der Waals surface area contributed by atoms with E-state index in [1.54, 1.807) is 4.90 Å². The summed E-state index contributed by atoms with van der Waals surface area (Å²) in [6.45, 7) is 3.72. The number of ether oxygens (including phenoxy) is 1. The molecule has 102 valence electrons. The largest absolute Gasteiger partial charge is 0.416 e. The Morgan fingerprint density at radius 3 is 2.89 bits per heavy atom.